The maximum Gasteiger partial charge on any atom is 0.253 e. The van der Waals surface area contributed by atoms with E-state index in [9.17, 15) is 24.0 Å². The topological polar surface area (TPSA) is 159 Å². The maximum absolute atomic E-state index is 13.5. The number of nitrogens with zero attached hydrogens (tertiary/aromatic N) is 1. The van der Waals surface area contributed by atoms with E-state index in [1.54, 1.807) is 24.3 Å². The predicted octanol–water partition coefficient (Wildman–Crippen LogP) is 2.20. The molecule has 5 N–H and O–H groups in total. The lowest BCUT2D eigenvalue weighted by Crippen LogP contribution is -2.52. The number of rotatable bonds is 18. The van der Waals surface area contributed by atoms with Crippen molar-refractivity contribution in [2.75, 3.05) is 25.0 Å². The molecule has 0 aromatic heterocycles. The molecule has 10 nitrogen and oxygen atoms in total. The van der Waals surface area contributed by atoms with Gasteiger partial charge in [0.15, 0.2) is 0 Å². The molecule has 10 heteroatoms. The lowest BCUT2D eigenvalue weighted by molar-refractivity contribution is -0.149. The summed E-state index contributed by atoms with van der Waals surface area (Å²) in [7, 11) is 0. The fourth-order valence-electron chi connectivity index (χ4n) is 4.97. The lowest BCUT2D eigenvalue weighted by atomic mass is 9.63. The van der Waals surface area contributed by atoms with Crippen LogP contribution in [0.15, 0.2) is 36.4 Å². The van der Waals surface area contributed by atoms with Crippen LogP contribution in [-0.2, 0) is 30.6 Å². The Bertz CT molecular complexity index is 1070. The first-order valence-corrected chi connectivity index (χ1v) is 13.8. The molecule has 1 aromatic carbocycles. The van der Waals surface area contributed by atoms with Crippen molar-refractivity contribution in [3.8, 4) is 0 Å². The van der Waals surface area contributed by atoms with Crippen LogP contribution in [0.3, 0.4) is 0 Å². The molecule has 212 valence electrons. The summed E-state index contributed by atoms with van der Waals surface area (Å²) in [6.45, 7) is 1.39. The third-order valence-corrected chi connectivity index (χ3v) is 7.62. The van der Waals surface area contributed by atoms with Crippen molar-refractivity contribution >= 4 is 35.1 Å². The molecule has 1 aromatic rings. The minimum atomic E-state index is -1.09. The summed E-state index contributed by atoms with van der Waals surface area (Å²) in [5, 5.41) is 10.2. The van der Waals surface area contributed by atoms with Gasteiger partial charge in [0.1, 0.15) is 11.2 Å². The van der Waals surface area contributed by atoms with Crippen LogP contribution in [0.2, 0.25) is 0 Å². The summed E-state index contributed by atoms with van der Waals surface area (Å²) in [6.07, 6.45) is 8.19. The monoisotopic (exact) mass is 541 g/mol. The van der Waals surface area contributed by atoms with E-state index in [1.165, 1.54) is 17.1 Å². The molecular weight excluding hydrogens is 500 g/mol. The molecule has 0 unspecified atom stereocenters. The summed E-state index contributed by atoms with van der Waals surface area (Å²) in [6, 6.07) is 6.97. The number of benzene rings is 1. The minimum Gasteiger partial charge on any atom is -0.392 e. The van der Waals surface area contributed by atoms with E-state index >= 15 is 0 Å². The first-order chi connectivity index (χ1) is 19.3. The van der Waals surface area contributed by atoms with E-state index in [0.29, 0.717) is 63.8 Å². The number of aliphatic hydroxyl groups is 1. The highest BCUT2D eigenvalue weighted by Gasteiger charge is 2.50. The number of unbranched alkanes of at least 4 members (excludes halogenated alkanes) is 3. The predicted molar refractivity (Wildman–Crippen MR) is 146 cm³/mol. The van der Waals surface area contributed by atoms with Crippen LogP contribution in [-0.4, -0.2) is 60.5 Å². The van der Waals surface area contributed by atoms with E-state index in [0.717, 1.165) is 24.8 Å². The fourth-order valence-corrected chi connectivity index (χ4v) is 4.97. The molecular formula is C29H40N4O6. The zero-order chi connectivity index (χ0) is 29.0. The number of imide groups is 1. The number of aliphatic hydroxyl groups excluding tert-OH is 1. The second kappa shape index (κ2) is 14.7. The van der Waals surface area contributed by atoms with E-state index in [1.807, 2.05) is 0 Å². The number of anilines is 1. The Balaban J connectivity index is 1.50. The van der Waals surface area contributed by atoms with Crippen molar-refractivity contribution in [1.82, 2.24) is 10.2 Å². The standard InChI is InChI=1S/C29H40N4O6/c30-16-3-2-7-22(27(38)32-23-10-8-21(20-34)9-11-23)19-24(35)29(14-6-15-29)28(39)31-17-4-1-5-18-33-25(36)12-13-26(33)37/h8-13,22,34H,1-7,14-20,30H2,(H,31,39)(H,32,38)/t22-/m1/s1/i34D. The van der Waals surface area contributed by atoms with Gasteiger partial charge in [0, 0.05) is 43.3 Å². The average Bonchev–Trinajstić information content (AvgIpc) is 3.23. The number of ketones is 1. The second-order valence-electron chi connectivity index (χ2n) is 10.4. The summed E-state index contributed by atoms with van der Waals surface area (Å²) in [5.41, 5.74) is 5.93. The molecule has 0 saturated heterocycles. The molecule has 0 spiro atoms. The first-order valence-electron chi connectivity index (χ1n) is 14.2. The third-order valence-electron chi connectivity index (χ3n) is 7.62. The summed E-state index contributed by atoms with van der Waals surface area (Å²) in [5.74, 6) is -1.93. The van der Waals surface area contributed by atoms with Gasteiger partial charge in [-0.2, -0.15) is 0 Å². The van der Waals surface area contributed by atoms with Crippen molar-refractivity contribution in [3.05, 3.63) is 42.0 Å². The number of carbonyl (C=O) groups excluding carboxylic acids is 5. The van der Waals surface area contributed by atoms with E-state index < -0.39 is 11.3 Å². The number of hydrogen-bond donors (Lipinski definition) is 4. The van der Waals surface area contributed by atoms with Gasteiger partial charge in [-0.05, 0) is 69.2 Å². The number of carbonyl (C=O) groups is 5. The molecule has 4 amide bonds. The minimum absolute atomic E-state index is 0.0134. The van der Waals surface area contributed by atoms with Gasteiger partial charge in [-0.25, -0.2) is 0 Å². The van der Waals surface area contributed by atoms with E-state index in [2.05, 4.69) is 15.7 Å². The quantitative estimate of drug-likeness (QED) is 0.126. The molecule has 1 aliphatic carbocycles. The van der Waals surface area contributed by atoms with Crippen LogP contribution in [0.5, 0.6) is 0 Å². The Labute approximate surface area is 230 Å². The van der Waals surface area contributed by atoms with E-state index in [-0.39, 0.29) is 42.4 Å². The molecule has 1 heterocycles. The fraction of sp³-hybridized carbons (Fsp3) is 0.552. The summed E-state index contributed by atoms with van der Waals surface area (Å²) in [4.78, 5) is 64.2. The van der Waals surface area contributed by atoms with Crippen molar-refractivity contribution in [2.45, 2.75) is 70.8 Å². The molecule has 39 heavy (non-hydrogen) atoms. The Morgan fingerprint density at radius 2 is 1.74 bits per heavy atom. The largest absolute Gasteiger partial charge is 0.392 e. The van der Waals surface area contributed by atoms with E-state index in [4.69, 9.17) is 7.16 Å². The van der Waals surface area contributed by atoms with Crippen molar-refractivity contribution < 1.29 is 29.1 Å². The Morgan fingerprint density at radius 1 is 1.03 bits per heavy atom. The van der Waals surface area contributed by atoms with Gasteiger partial charge in [-0.3, -0.25) is 28.9 Å². The maximum atomic E-state index is 13.5. The van der Waals surface area contributed by atoms with Crippen LogP contribution < -0.4 is 16.4 Å². The van der Waals surface area contributed by atoms with Gasteiger partial charge in [0.05, 0.1) is 6.61 Å². The lowest BCUT2D eigenvalue weighted by Gasteiger charge is -2.39. The smallest absolute Gasteiger partial charge is 0.253 e. The number of Topliss-reactive ketones (excluding diaryl/α,β-unsaturated/α-hetero) is 1. The van der Waals surface area contributed by atoms with Gasteiger partial charge in [-0.15, -0.1) is 0 Å². The van der Waals surface area contributed by atoms with Crippen molar-refractivity contribution in [3.63, 3.8) is 0 Å². The number of nitrogens with one attached hydrogen (secondary N) is 2. The van der Waals surface area contributed by atoms with Crippen LogP contribution in [0.1, 0.15) is 69.8 Å². The highest BCUT2D eigenvalue weighted by molar-refractivity contribution is 6.12. The van der Waals surface area contributed by atoms with Gasteiger partial charge >= 0.3 is 0 Å². The van der Waals surface area contributed by atoms with Crippen LogP contribution in [0.25, 0.3) is 0 Å². The molecule has 1 atom stereocenters. The van der Waals surface area contributed by atoms with Gasteiger partial charge in [-0.1, -0.05) is 25.0 Å². The van der Waals surface area contributed by atoms with Gasteiger partial charge in [0.2, 0.25) is 13.2 Å². The molecule has 0 bridgehead atoms. The first kappa shape index (κ1) is 28.6. The third kappa shape index (κ3) is 8.06. The van der Waals surface area contributed by atoms with Crippen LogP contribution >= 0.6 is 0 Å². The molecule has 0 radical (unpaired) electrons. The SMILES string of the molecule is [2H]OCc1ccc(NC(=O)[C@H](CCCCN)CC(=O)C2(C(=O)NCCCCCN3C(=O)C=CC3=O)CCC2)cc1. The number of hydrogen-bond acceptors (Lipinski definition) is 7. The molecule has 1 saturated carbocycles. The summed E-state index contributed by atoms with van der Waals surface area (Å²) < 4.78 is 6.85. The molecule has 1 fully saturated rings. The average molecular weight is 542 g/mol. The zero-order valence-corrected chi connectivity index (χ0v) is 22.4. The Kier molecular flexibility index (Phi) is 10.8. The highest BCUT2D eigenvalue weighted by atomic mass is 16.3. The zero-order valence-electron chi connectivity index (χ0n) is 23.4. The molecule has 1 aliphatic heterocycles. The van der Waals surface area contributed by atoms with Crippen molar-refractivity contribution in [2.24, 2.45) is 17.1 Å². The van der Waals surface area contributed by atoms with Gasteiger partial charge < -0.3 is 21.5 Å². The molecule has 2 aliphatic rings. The van der Waals surface area contributed by atoms with Crippen LogP contribution in [0, 0.1) is 11.3 Å². The van der Waals surface area contributed by atoms with Crippen LogP contribution in [0.4, 0.5) is 5.69 Å². The Morgan fingerprint density at radius 3 is 2.36 bits per heavy atom. The number of amides is 4. The second-order valence-corrected chi connectivity index (χ2v) is 10.4. The Hall–Kier alpha value is -3.37. The molecule has 3 rings (SSSR count). The number of nitrogens with two attached hydrogens (primary N) is 1. The summed E-state index contributed by atoms with van der Waals surface area (Å²) >= 11 is 0. The van der Waals surface area contributed by atoms with Crippen molar-refractivity contribution in [1.29, 1.82) is 1.43 Å². The highest BCUT2D eigenvalue weighted by Crippen LogP contribution is 2.44. The normalized spacial score (nSPS) is 16.9. The van der Waals surface area contributed by atoms with Gasteiger partial charge in [0.25, 0.3) is 11.8 Å².